The lowest BCUT2D eigenvalue weighted by molar-refractivity contribution is -0.131. The topological polar surface area (TPSA) is 43.7 Å². The number of benzene rings is 2. The van der Waals surface area contributed by atoms with Gasteiger partial charge in [-0.3, -0.25) is 4.79 Å². The SMILES string of the molecule is CN(C[C@@H]1COc2ccccc2O1)C(=O)CCn1ccc2ccccc21. The van der Waals surface area contributed by atoms with Gasteiger partial charge in [0.1, 0.15) is 6.61 Å². The van der Waals surface area contributed by atoms with Gasteiger partial charge in [0.2, 0.25) is 5.91 Å². The Kier molecular flexibility index (Phi) is 4.52. The molecule has 1 atom stereocenters. The molecular weight excluding hydrogens is 328 g/mol. The molecule has 0 saturated heterocycles. The van der Waals surface area contributed by atoms with Crippen LogP contribution in [-0.4, -0.2) is 41.7 Å². The molecule has 2 heterocycles. The lowest BCUT2D eigenvalue weighted by atomic mass is 10.2. The summed E-state index contributed by atoms with van der Waals surface area (Å²) in [5.41, 5.74) is 1.16. The van der Waals surface area contributed by atoms with E-state index in [1.165, 1.54) is 5.39 Å². The first-order valence-corrected chi connectivity index (χ1v) is 8.87. The molecular formula is C21H22N2O3. The van der Waals surface area contributed by atoms with E-state index in [0.29, 0.717) is 26.1 Å². The van der Waals surface area contributed by atoms with Crippen molar-refractivity contribution in [2.75, 3.05) is 20.2 Å². The van der Waals surface area contributed by atoms with Crippen molar-refractivity contribution in [3.05, 3.63) is 60.8 Å². The first-order chi connectivity index (χ1) is 12.7. The van der Waals surface area contributed by atoms with E-state index in [9.17, 15) is 4.79 Å². The minimum Gasteiger partial charge on any atom is -0.486 e. The van der Waals surface area contributed by atoms with Crippen LogP contribution in [0.2, 0.25) is 0 Å². The zero-order valence-electron chi connectivity index (χ0n) is 14.8. The van der Waals surface area contributed by atoms with E-state index in [0.717, 1.165) is 17.0 Å². The fourth-order valence-electron chi connectivity index (χ4n) is 3.30. The number of nitrogens with zero attached hydrogens (tertiary/aromatic N) is 2. The van der Waals surface area contributed by atoms with Gasteiger partial charge in [0, 0.05) is 31.7 Å². The molecule has 1 aliphatic heterocycles. The highest BCUT2D eigenvalue weighted by atomic mass is 16.6. The van der Waals surface area contributed by atoms with Crippen LogP contribution in [0.25, 0.3) is 10.9 Å². The number of rotatable bonds is 5. The van der Waals surface area contributed by atoms with Crippen LogP contribution in [0.1, 0.15) is 6.42 Å². The van der Waals surface area contributed by atoms with Crippen LogP contribution in [0, 0.1) is 0 Å². The first kappa shape index (κ1) is 16.5. The first-order valence-electron chi connectivity index (χ1n) is 8.87. The van der Waals surface area contributed by atoms with Gasteiger partial charge in [0.05, 0.1) is 6.54 Å². The summed E-state index contributed by atoms with van der Waals surface area (Å²) in [5.74, 6) is 1.60. The third-order valence-electron chi connectivity index (χ3n) is 4.72. The number of carbonyl (C=O) groups is 1. The van der Waals surface area contributed by atoms with Crippen molar-refractivity contribution in [1.82, 2.24) is 9.47 Å². The summed E-state index contributed by atoms with van der Waals surface area (Å²) in [6.07, 6.45) is 2.35. The van der Waals surface area contributed by atoms with E-state index in [1.54, 1.807) is 4.90 Å². The molecule has 5 heteroatoms. The Hall–Kier alpha value is -2.95. The number of hydrogen-bond donors (Lipinski definition) is 0. The molecule has 0 bridgehead atoms. The molecule has 5 nitrogen and oxygen atoms in total. The monoisotopic (exact) mass is 350 g/mol. The number of para-hydroxylation sites is 3. The normalized spacial score (nSPS) is 15.8. The quantitative estimate of drug-likeness (QED) is 0.709. The number of aryl methyl sites for hydroxylation is 1. The van der Waals surface area contributed by atoms with E-state index in [4.69, 9.17) is 9.47 Å². The lowest BCUT2D eigenvalue weighted by Gasteiger charge is -2.29. The highest BCUT2D eigenvalue weighted by molar-refractivity contribution is 5.80. The molecule has 0 fully saturated rings. The molecule has 3 aromatic rings. The molecule has 134 valence electrons. The number of hydrogen-bond acceptors (Lipinski definition) is 3. The Morgan fingerprint density at radius 1 is 1.12 bits per heavy atom. The van der Waals surface area contributed by atoms with Crippen molar-refractivity contribution in [2.24, 2.45) is 0 Å². The minimum atomic E-state index is -0.147. The second-order valence-corrected chi connectivity index (χ2v) is 6.59. The molecule has 2 aromatic carbocycles. The molecule has 1 amide bonds. The second-order valence-electron chi connectivity index (χ2n) is 6.59. The van der Waals surface area contributed by atoms with Gasteiger partial charge >= 0.3 is 0 Å². The van der Waals surface area contributed by atoms with Gasteiger partial charge < -0.3 is 18.9 Å². The number of amides is 1. The van der Waals surface area contributed by atoms with Crippen molar-refractivity contribution in [2.45, 2.75) is 19.1 Å². The predicted molar refractivity (Wildman–Crippen MR) is 101 cm³/mol. The Morgan fingerprint density at radius 2 is 1.88 bits per heavy atom. The van der Waals surface area contributed by atoms with Gasteiger partial charge in [-0.2, -0.15) is 0 Å². The van der Waals surface area contributed by atoms with Crippen molar-refractivity contribution >= 4 is 16.8 Å². The molecule has 26 heavy (non-hydrogen) atoms. The lowest BCUT2D eigenvalue weighted by Crippen LogP contribution is -2.42. The van der Waals surface area contributed by atoms with E-state index < -0.39 is 0 Å². The number of likely N-dealkylation sites (N-methyl/N-ethyl adjacent to an activating group) is 1. The zero-order chi connectivity index (χ0) is 17.9. The standard InChI is InChI=1S/C21H22N2O3/c1-22(14-17-15-25-19-8-4-5-9-20(19)26-17)21(24)11-13-23-12-10-16-6-2-3-7-18(16)23/h2-10,12,17H,11,13-15H2,1H3/t17-/m1/s1. The maximum atomic E-state index is 12.5. The van der Waals surface area contributed by atoms with Crippen molar-refractivity contribution in [3.8, 4) is 11.5 Å². The van der Waals surface area contributed by atoms with Gasteiger partial charge in [-0.05, 0) is 29.7 Å². The van der Waals surface area contributed by atoms with E-state index >= 15 is 0 Å². The fourth-order valence-corrected chi connectivity index (χ4v) is 3.30. The van der Waals surface area contributed by atoms with Crippen LogP contribution in [-0.2, 0) is 11.3 Å². The molecule has 0 saturated carbocycles. The van der Waals surface area contributed by atoms with Crippen LogP contribution >= 0.6 is 0 Å². The Bertz CT molecular complexity index is 918. The average Bonchev–Trinajstić information content (AvgIpc) is 3.09. The maximum Gasteiger partial charge on any atom is 0.224 e. The van der Waals surface area contributed by atoms with Crippen LogP contribution in [0.4, 0.5) is 0 Å². The van der Waals surface area contributed by atoms with Gasteiger partial charge in [-0.25, -0.2) is 0 Å². The van der Waals surface area contributed by atoms with Gasteiger partial charge in [0.15, 0.2) is 17.6 Å². The summed E-state index contributed by atoms with van der Waals surface area (Å²) in [6, 6.07) is 17.9. The van der Waals surface area contributed by atoms with E-state index in [2.05, 4.69) is 22.8 Å². The number of aromatic nitrogens is 1. The number of ether oxygens (including phenoxy) is 2. The van der Waals surface area contributed by atoms with Crippen molar-refractivity contribution < 1.29 is 14.3 Å². The number of fused-ring (bicyclic) bond motifs is 2. The highest BCUT2D eigenvalue weighted by Gasteiger charge is 2.23. The summed E-state index contributed by atoms with van der Waals surface area (Å²) >= 11 is 0. The molecule has 0 aliphatic carbocycles. The largest absolute Gasteiger partial charge is 0.486 e. The molecule has 0 spiro atoms. The summed E-state index contributed by atoms with van der Waals surface area (Å²) < 4.78 is 13.8. The number of carbonyl (C=O) groups excluding carboxylic acids is 1. The zero-order valence-corrected chi connectivity index (χ0v) is 14.8. The van der Waals surface area contributed by atoms with Gasteiger partial charge in [-0.15, -0.1) is 0 Å². The molecule has 4 rings (SSSR count). The fraction of sp³-hybridized carbons (Fsp3) is 0.286. The minimum absolute atomic E-state index is 0.102. The van der Waals surface area contributed by atoms with Gasteiger partial charge in [0.25, 0.3) is 0 Å². The maximum absolute atomic E-state index is 12.5. The molecule has 1 aliphatic rings. The summed E-state index contributed by atoms with van der Waals surface area (Å²) in [6.45, 7) is 1.64. The van der Waals surface area contributed by atoms with Crippen molar-refractivity contribution in [3.63, 3.8) is 0 Å². The Morgan fingerprint density at radius 3 is 2.77 bits per heavy atom. The predicted octanol–water partition coefficient (Wildman–Crippen LogP) is 3.33. The summed E-state index contributed by atoms with van der Waals surface area (Å²) in [7, 11) is 1.82. The van der Waals surface area contributed by atoms with Crippen LogP contribution < -0.4 is 9.47 Å². The highest BCUT2D eigenvalue weighted by Crippen LogP contribution is 2.31. The van der Waals surface area contributed by atoms with Crippen LogP contribution in [0.5, 0.6) is 11.5 Å². The molecule has 1 aromatic heterocycles. The molecule has 0 radical (unpaired) electrons. The summed E-state index contributed by atoms with van der Waals surface area (Å²) in [4.78, 5) is 14.2. The third kappa shape index (κ3) is 3.38. The van der Waals surface area contributed by atoms with Crippen LogP contribution in [0.3, 0.4) is 0 Å². The smallest absolute Gasteiger partial charge is 0.224 e. The van der Waals surface area contributed by atoms with Crippen molar-refractivity contribution in [1.29, 1.82) is 0 Å². The van der Waals surface area contributed by atoms with Gasteiger partial charge in [-0.1, -0.05) is 30.3 Å². The third-order valence-corrected chi connectivity index (χ3v) is 4.72. The Balaban J connectivity index is 1.32. The molecule has 0 unspecified atom stereocenters. The molecule has 0 N–H and O–H groups in total. The van der Waals surface area contributed by atoms with E-state index in [-0.39, 0.29) is 12.0 Å². The Labute approximate surface area is 152 Å². The summed E-state index contributed by atoms with van der Waals surface area (Å²) in [5, 5.41) is 1.19. The van der Waals surface area contributed by atoms with Crippen LogP contribution in [0.15, 0.2) is 60.8 Å². The average molecular weight is 350 g/mol. The second kappa shape index (κ2) is 7.12. The van der Waals surface area contributed by atoms with E-state index in [1.807, 2.05) is 49.6 Å².